The Morgan fingerprint density at radius 1 is 1.04 bits per heavy atom. The molecule has 0 N–H and O–H groups in total. The second-order valence-corrected chi connectivity index (χ2v) is 5.77. The van der Waals surface area contributed by atoms with Crippen LogP contribution in [0.5, 0.6) is 5.75 Å². The van der Waals surface area contributed by atoms with Crippen molar-refractivity contribution in [3.05, 3.63) is 95.1 Å². The molecule has 4 nitrogen and oxygen atoms in total. The SMILES string of the molecule is COc1cc(C(=O)N=c2ccccn2Cc2ccccc2)ccc1C. The highest BCUT2D eigenvalue weighted by atomic mass is 16.5. The molecule has 1 aromatic heterocycles. The predicted octanol–water partition coefficient (Wildman–Crippen LogP) is 3.59. The zero-order valence-electron chi connectivity index (χ0n) is 14.3. The van der Waals surface area contributed by atoms with Gasteiger partial charge in [0.25, 0.3) is 5.91 Å². The number of rotatable bonds is 4. The van der Waals surface area contributed by atoms with Gasteiger partial charge in [-0.2, -0.15) is 4.99 Å². The lowest BCUT2D eigenvalue weighted by atomic mass is 10.1. The van der Waals surface area contributed by atoms with Crippen LogP contribution in [0.1, 0.15) is 21.5 Å². The van der Waals surface area contributed by atoms with Gasteiger partial charge in [0.2, 0.25) is 0 Å². The van der Waals surface area contributed by atoms with E-state index in [9.17, 15) is 4.79 Å². The van der Waals surface area contributed by atoms with Crippen LogP contribution in [-0.4, -0.2) is 17.6 Å². The first kappa shape index (κ1) is 16.7. The maximum atomic E-state index is 12.6. The van der Waals surface area contributed by atoms with Crippen LogP contribution in [0.25, 0.3) is 0 Å². The van der Waals surface area contributed by atoms with Gasteiger partial charge in [-0.1, -0.05) is 42.5 Å². The number of aromatic nitrogens is 1. The fourth-order valence-electron chi connectivity index (χ4n) is 2.60. The lowest BCUT2D eigenvalue weighted by molar-refractivity contribution is 0.0997. The quantitative estimate of drug-likeness (QED) is 0.733. The van der Waals surface area contributed by atoms with Gasteiger partial charge in [0.15, 0.2) is 0 Å². The molecule has 0 aliphatic rings. The first-order chi connectivity index (χ1) is 12.2. The first-order valence-electron chi connectivity index (χ1n) is 8.10. The monoisotopic (exact) mass is 332 g/mol. The zero-order chi connectivity index (χ0) is 17.6. The number of ether oxygens (including phenoxy) is 1. The van der Waals surface area contributed by atoms with Gasteiger partial charge in [-0.05, 0) is 42.3 Å². The van der Waals surface area contributed by atoms with E-state index < -0.39 is 0 Å². The Morgan fingerprint density at radius 2 is 1.80 bits per heavy atom. The molecular weight excluding hydrogens is 312 g/mol. The van der Waals surface area contributed by atoms with Crippen LogP contribution >= 0.6 is 0 Å². The third-order valence-corrected chi connectivity index (χ3v) is 3.98. The normalized spacial score (nSPS) is 11.4. The summed E-state index contributed by atoms with van der Waals surface area (Å²) < 4.78 is 7.25. The van der Waals surface area contributed by atoms with Crippen LogP contribution in [0.4, 0.5) is 0 Å². The molecule has 2 aromatic carbocycles. The lowest BCUT2D eigenvalue weighted by Crippen LogP contribution is -2.22. The number of nitrogens with zero attached hydrogens (tertiary/aromatic N) is 2. The molecule has 0 atom stereocenters. The first-order valence-corrected chi connectivity index (χ1v) is 8.10. The number of aryl methyl sites for hydroxylation is 1. The summed E-state index contributed by atoms with van der Waals surface area (Å²) in [6.07, 6.45) is 1.93. The Hall–Kier alpha value is -3.14. The molecule has 1 heterocycles. The molecule has 0 saturated carbocycles. The number of carbonyl (C=O) groups is 1. The van der Waals surface area contributed by atoms with Gasteiger partial charge in [0.05, 0.1) is 7.11 Å². The summed E-state index contributed by atoms with van der Waals surface area (Å²) in [5, 5.41) is 0. The lowest BCUT2D eigenvalue weighted by Gasteiger charge is -2.08. The second kappa shape index (κ2) is 7.62. The van der Waals surface area contributed by atoms with Gasteiger partial charge in [0.1, 0.15) is 11.2 Å². The molecule has 0 aliphatic carbocycles. The number of pyridine rings is 1. The maximum absolute atomic E-state index is 12.6. The fourth-order valence-corrected chi connectivity index (χ4v) is 2.60. The van der Waals surface area contributed by atoms with Crippen LogP contribution in [0, 0.1) is 6.92 Å². The molecule has 4 heteroatoms. The molecule has 0 fully saturated rings. The van der Waals surface area contributed by atoms with Crippen LogP contribution in [0.15, 0.2) is 77.9 Å². The summed E-state index contributed by atoms with van der Waals surface area (Å²) in [7, 11) is 1.60. The molecule has 0 aliphatic heterocycles. The smallest absolute Gasteiger partial charge is 0.279 e. The standard InChI is InChI=1S/C21H20N2O2/c1-16-11-12-18(14-19(16)25-2)21(24)22-20-10-6-7-13-23(20)15-17-8-4-3-5-9-17/h3-14H,15H2,1-2H3. The van der Waals surface area contributed by atoms with Crippen LogP contribution in [-0.2, 0) is 6.54 Å². The molecule has 0 spiro atoms. The summed E-state index contributed by atoms with van der Waals surface area (Å²) in [6.45, 7) is 2.60. The zero-order valence-corrected chi connectivity index (χ0v) is 14.3. The van der Waals surface area contributed by atoms with Crippen molar-refractivity contribution in [3.63, 3.8) is 0 Å². The summed E-state index contributed by atoms with van der Waals surface area (Å²) in [6, 6.07) is 21.1. The highest BCUT2D eigenvalue weighted by Gasteiger charge is 2.08. The summed E-state index contributed by atoms with van der Waals surface area (Å²) >= 11 is 0. The molecule has 25 heavy (non-hydrogen) atoms. The fraction of sp³-hybridized carbons (Fsp3) is 0.143. The van der Waals surface area contributed by atoms with E-state index in [1.165, 1.54) is 0 Å². The van der Waals surface area contributed by atoms with Crippen molar-refractivity contribution in [3.8, 4) is 5.75 Å². The van der Waals surface area contributed by atoms with Crippen LogP contribution in [0.2, 0.25) is 0 Å². The average Bonchev–Trinajstić information content (AvgIpc) is 2.64. The van der Waals surface area contributed by atoms with Crippen molar-refractivity contribution >= 4 is 5.91 Å². The van der Waals surface area contributed by atoms with E-state index in [4.69, 9.17) is 4.74 Å². The van der Waals surface area contributed by atoms with E-state index >= 15 is 0 Å². The molecule has 0 saturated heterocycles. The van der Waals surface area contributed by atoms with Crippen molar-refractivity contribution < 1.29 is 9.53 Å². The number of hydrogen-bond donors (Lipinski definition) is 0. The van der Waals surface area contributed by atoms with Crippen molar-refractivity contribution in [1.82, 2.24) is 4.57 Å². The van der Waals surface area contributed by atoms with Crippen LogP contribution in [0.3, 0.4) is 0 Å². The number of hydrogen-bond acceptors (Lipinski definition) is 2. The Morgan fingerprint density at radius 3 is 2.56 bits per heavy atom. The molecule has 0 radical (unpaired) electrons. The summed E-state index contributed by atoms with van der Waals surface area (Å²) in [5.41, 5.74) is 3.27. The largest absolute Gasteiger partial charge is 0.496 e. The molecule has 3 aromatic rings. The van der Waals surface area contributed by atoms with E-state index in [0.717, 1.165) is 11.1 Å². The maximum Gasteiger partial charge on any atom is 0.279 e. The van der Waals surface area contributed by atoms with Crippen molar-refractivity contribution in [1.29, 1.82) is 0 Å². The minimum Gasteiger partial charge on any atom is -0.496 e. The third kappa shape index (κ3) is 4.04. The highest BCUT2D eigenvalue weighted by Crippen LogP contribution is 2.19. The van der Waals surface area contributed by atoms with Crippen molar-refractivity contribution in [2.75, 3.05) is 7.11 Å². The minimum absolute atomic E-state index is 0.286. The second-order valence-electron chi connectivity index (χ2n) is 5.77. The van der Waals surface area contributed by atoms with Crippen molar-refractivity contribution in [2.45, 2.75) is 13.5 Å². The van der Waals surface area contributed by atoms with Gasteiger partial charge >= 0.3 is 0 Å². The molecule has 3 rings (SSSR count). The molecule has 1 amide bonds. The number of benzene rings is 2. The van der Waals surface area contributed by atoms with Gasteiger partial charge in [-0.25, -0.2) is 0 Å². The van der Waals surface area contributed by atoms with E-state index in [1.54, 1.807) is 19.2 Å². The Bertz CT molecular complexity index is 943. The molecule has 0 bridgehead atoms. The van der Waals surface area contributed by atoms with Gasteiger partial charge in [0, 0.05) is 18.3 Å². The molecule has 0 unspecified atom stereocenters. The highest BCUT2D eigenvalue weighted by molar-refractivity contribution is 5.95. The van der Waals surface area contributed by atoms with Crippen LogP contribution < -0.4 is 10.2 Å². The Labute approximate surface area is 147 Å². The molecular formula is C21H20N2O2. The number of methoxy groups -OCH3 is 1. The van der Waals surface area contributed by atoms with E-state index in [0.29, 0.717) is 23.3 Å². The van der Waals surface area contributed by atoms with Gasteiger partial charge < -0.3 is 9.30 Å². The summed E-state index contributed by atoms with van der Waals surface area (Å²) in [4.78, 5) is 16.9. The average molecular weight is 332 g/mol. The minimum atomic E-state index is -0.286. The van der Waals surface area contributed by atoms with Gasteiger partial charge in [-0.3, -0.25) is 4.79 Å². The third-order valence-electron chi connectivity index (χ3n) is 3.98. The van der Waals surface area contributed by atoms with Gasteiger partial charge in [-0.15, -0.1) is 0 Å². The van der Waals surface area contributed by atoms with E-state index in [-0.39, 0.29) is 5.91 Å². The number of carbonyl (C=O) groups excluding carboxylic acids is 1. The van der Waals surface area contributed by atoms with E-state index in [2.05, 4.69) is 17.1 Å². The number of amides is 1. The predicted molar refractivity (Wildman–Crippen MR) is 97.6 cm³/mol. The molecule has 126 valence electrons. The van der Waals surface area contributed by atoms with Crippen molar-refractivity contribution in [2.24, 2.45) is 4.99 Å². The summed E-state index contributed by atoms with van der Waals surface area (Å²) in [5.74, 6) is 0.401. The topological polar surface area (TPSA) is 43.6 Å². The van der Waals surface area contributed by atoms with E-state index in [1.807, 2.05) is 60.2 Å². The Balaban J connectivity index is 1.94. The Kier molecular flexibility index (Phi) is 5.09.